The standard InChI is InChI=1S/C12H11NO6/c1-6-10(19-12(15)18-6)5-17-11(14)8-4-9-7(13-8)2-3-16-9/h2-4,6,10,13H,5H2,1H3. The number of rotatable bonds is 3. The molecule has 1 fully saturated rings. The van der Waals surface area contributed by atoms with Crippen LogP contribution in [0.2, 0.25) is 0 Å². The van der Waals surface area contributed by atoms with Gasteiger partial charge in [0.1, 0.15) is 18.4 Å². The number of esters is 1. The molecular formula is C12H11NO6. The third kappa shape index (κ3) is 2.14. The van der Waals surface area contributed by atoms with Crippen molar-refractivity contribution in [2.24, 2.45) is 0 Å². The number of hydrogen-bond donors (Lipinski definition) is 1. The number of H-pyrrole nitrogens is 1. The van der Waals surface area contributed by atoms with E-state index >= 15 is 0 Å². The minimum atomic E-state index is -0.745. The number of aromatic nitrogens is 1. The summed E-state index contributed by atoms with van der Waals surface area (Å²) in [6.07, 6.45) is -0.228. The fourth-order valence-electron chi connectivity index (χ4n) is 1.84. The molecule has 7 heteroatoms. The van der Waals surface area contributed by atoms with Crippen LogP contribution in [0.1, 0.15) is 17.4 Å². The molecule has 7 nitrogen and oxygen atoms in total. The monoisotopic (exact) mass is 265 g/mol. The van der Waals surface area contributed by atoms with Gasteiger partial charge in [-0.3, -0.25) is 0 Å². The molecule has 100 valence electrons. The van der Waals surface area contributed by atoms with E-state index in [1.807, 2.05) is 0 Å². The molecule has 2 aromatic rings. The molecular weight excluding hydrogens is 254 g/mol. The minimum Gasteiger partial charge on any atom is -0.463 e. The van der Waals surface area contributed by atoms with Crippen LogP contribution in [0.3, 0.4) is 0 Å². The number of ether oxygens (including phenoxy) is 3. The lowest BCUT2D eigenvalue weighted by molar-refractivity contribution is 0.0244. The molecule has 1 aliphatic heterocycles. The van der Waals surface area contributed by atoms with Gasteiger partial charge in [-0.05, 0) is 6.92 Å². The van der Waals surface area contributed by atoms with Gasteiger partial charge in [-0.25, -0.2) is 9.59 Å². The summed E-state index contributed by atoms with van der Waals surface area (Å²) in [6.45, 7) is 1.62. The van der Waals surface area contributed by atoms with Crippen molar-refractivity contribution in [1.82, 2.24) is 4.98 Å². The van der Waals surface area contributed by atoms with Crippen molar-refractivity contribution in [3.63, 3.8) is 0 Å². The van der Waals surface area contributed by atoms with Gasteiger partial charge in [0.05, 0.1) is 11.8 Å². The van der Waals surface area contributed by atoms with Crippen LogP contribution in [0.5, 0.6) is 0 Å². The summed E-state index contributed by atoms with van der Waals surface area (Å²) in [5, 5.41) is 0. The van der Waals surface area contributed by atoms with Crippen molar-refractivity contribution in [2.75, 3.05) is 6.61 Å². The Hall–Kier alpha value is -2.44. The van der Waals surface area contributed by atoms with Crippen LogP contribution >= 0.6 is 0 Å². The molecule has 2 unspecified atom stereocenters. The van der Waals surface area contributed by atoms with E-state index in [0.29, 0.717) is 5.58 Å². The quantitative estimate of drug-likeness (QED) is 0.851. The lowest BCUT2D eigenvalue weighted by Crippen LogP contribution is -2.26. The topological polar surface area (TPSA) is 90.8 Å². The Morgan fingerprint density at radius 2 is 2.32 bits per heavy atom. The Labute approximate surface area is 107 Å². The van der Waals surface area contributed by atoms with E-state index in [4.69, 9.17) is 18.6 Å². The van der Waals surface area contributed by atoms with Crippen LogP contribution in [-0.2, 0) is 14.2 Å². The first kappa shape index (κ1) is 11.6. The molecule has 0 amide bonds. The van der Waals surface area contributed by atoms with Gasteiger partial charge in [0, 0.05) is 12.1 Å². The number of hydrogen-bond acceptors (Lipinski definition) is 6. The van der Waals surface area contributed by atoms with E-state index in [1.54, 1.807) is 19.1 Å². The molecule has 0 radical (unpaired) electrons. The average molecular weight is 265 g/mol. The van der Waals surface area contributed by atoms with Crippen molar-refractivity contribution in [2.45, 2.75) is 19.1 Å². The molecule has 19 heavy (non-hydrogen) atoms. The van der Waals surface area contributed by atoms with Crippen LogP contribution < -0.4 is 0 Å². The van der Waals surface area contributed by atoms with E-state index < -0.39 is 24.3 Å². The molecule has 0 aliphatic carbocycles. The lowest BCUT2D eigenvalue weighted by Gasteiger charge is -2.10. The van der Waals surface area contributed by atoms with Gasteiger partial charge < -0.3 is 23.6 Å². The predicted molar refractivity (Wildman–Crippen MR) is 61.7 cm³/mol. The molecule has 0 bridgehead atoms. The predicted octanol–water partition coefficient (Wildman–Crippen LogP) is 1.84. The maximum atomic E-state index is 11.8. The third-order valence-electron chi connectivity index (χ3n) is 2.89. The van der Waals surface area contributed by atoms with E-state index in [2.05, 4.69) is 4.98 Å². The molecule has 1 saturated heterocycles. The Kier molecular flexibility index (Phi) is 2.66. The van der Waals surface area contributed by atoms with Gasteiger partial charge in [-0.15, -0.1) is 0 Å². The zero-order valence-corrected chi connectivity index (χ0v) is 10.0. The third-order valence-corrected chi connectivity index (χ3v) is 2.89. The number of carbonyl (C=O) groups is 2. The maximum absolute atomic E-state index is 11.8. The smallest absolute Gasteiger partial charge is 0.463 e. The van der Waals surface area contributed by atoms with Crippen molar-refractivity contribution < 1.29 is 28.2 Å². The number of carbonyl (C=O) groups excluding carboxylic acids is 2. The van der Waals surface area contributed by atoms with Crippen LogP contribution in [0.4, 0.5) is 4.79 Å². The Bertz CT molecular complexity index is 598. The van der Waals surface area contributed by atoms with Gasteiger partial charge in [-0.1, -0.05) is 0 Å². The van der Waals surface area contributed by atoms with E-state index in [9.17, 15) is 9.59 Å². The fraction of sp³-hybridized carbons (Fsp3) is 0.333. The van der Waals surface area contributed by atoms with Crippen LogP contribution in [0.25, 0.3) is 11.1 Å². The zero-order valence-electron chi connectivity index (χ0n) is 10.0. The highest BCUT2D eigenvalue weighted by Crippen LogP contribution is 2.18. The highest BCUT2D eigenvalue weighted by Gasteiger charge is 2.34. The Morgan fingerprint density at radius 3 is 3.00 bits per heavy atom. The average Bonchev–Trinajstić information content (AvgIpc) is 3.00. The number of cyclic esters (lactones) is 2. The minimum absolute atomic E-state index is 0.0495. The molecule has 2 atom stereocenters. The van der Waals surface area contributed by atoms with Crippen molar-refractivity contribution in [3.05, 3.63) is 24.1 Å². The maximum Gasteiger partial charge on any atom is 0.509 e. The SMILES string of the molecule is CC1OC(=O)OC1COC(=O)c1cc2occc2[nH]1. The largest absolute Gasteiger partial charge is 0.509 e. The first-order valence-electron chi connectivity index (χ1n) is 5.74. The summed E-state index contributed by atoms with van der Waals surface area (Å²) >= 11 is 0. The van der Waals surface area contributed by atoms with Gasteiger partial charge in [-0.2, -0.15) is 0 Å². The molecule has 1 N–H and O–H groups in total. The van der Waals surface area contributed by atoms with Crippen molar-refractivity contribution in [1.29, 1.82) is 0 Å². The number of fused-ring (bicyclic) bond motifs is 1. The number of furan rings is 1. The second kappa shape index (κ2) is 4.34. The van der Waals surface area contributed by atoms with Gasteiger partial charge in [0.25, 0.3) is 0 Å². The summed E-state index contributed by atoms with van der Waals surface area (Å²) in [7, 11) is 0. The summed E-state index contributed by atoms with van der Waals surface area (Å²) < 4.78 is 19.8. The highest BCUT2D eigenvalue weighted by molar-refractivity contribution is 5.93. The normalized spacial score (nSPS) is 22.3. The first-order chi connectivity index (χ1) is 9.13. The molecule has 0 saturated carbocycles. The summed E-state index contributed by atoms with van der Waals surface area (Å²) in [4.78, 5) is 25.5. The number of nitrogens with one attached hydrogen (secondary N) is 1. The van der Waals surface area contributed by atoms with Crippen molar-refractivity contribution in [3.8, 4) is 0 Å². The molecule has 1 aliphatic rings. The number of aromatic amines is 1. The van der Waals surface area contributed by atoms with Gasteiger partial charge in [0.15, 0.2) is 11.7 Å². The molecule has 0 spiro atoms. The second-order valence-corrected chi connectivity index (χ2v) is 4.21. The molecule has 3 rings (SSSR count). The fourth-order valence-corrected chi connectivity index (χ4v) is 1.84. The van der Waals surface area contributed by atoms with E-state index in [-0.39, 0.29) is 12.3 Å². The Balaban J connectivity index is 1.62. The summed E-state index contributed by atoms with van der Waals surface area (Å²) in [6, 6.07) is 3.26. The van der Waals surface area contributed by atoms with Gasteiger partial charge >= 0.3 is 12.1 Å². The summed E-state index contributed by atoms with van der Waals surface area (Å²) in [5.41, 5.74) is 1.58. The molecule has 0 aromatic carbocycles. The van der Waals surface area contributed by atoms with Gasteiger partial charge in [0.2, 0.25) is 0 Å². The zero-order chi connectivity index (χ0) is 13.4. The second-order valence-electron chi connectivity index (χ2n) is 4.21. The lowest BCUT2D eigenvalue weighted by atomic mass is 10.2. The molecule has 2 aromatic heterocycles. The Morgan fingerprint density at radius 1 is 1.47 bits per heavy atom. The molecule has 3 heterocycles. The van der Waals surface area contributed by atoms with Crippen LogP contribution in [0, 0.1) is 0 Å². The highest BCUT2D eigenvalue weighted by atomic mass is 16.8. The summed E-state index contributed by atoms with van der Waals surface area (Å²) in [5.74, 6) is -0.540. The van der Waals surface area contributed by atoms with Crippen LogP contribution in [-0.4, -0.2) is 35.9 Å². The van der Waals surface area contributed by atoms with Crippen LogP contribution in [0.15, 0.2) is 22.8 Å². The van der Waals surface area contributed by atoms with Crippen molar-refractivity contribution >= 4 is 23.2 Å². The first-order valence-corrected chi connectivity index (χ1v) is 5.74. The van der Waals surface area contributed by atoms with E-state index in [0.717, 1.165) is 5.52 Å². The van der Waals surface area contributed by atoms with E-state index in [1.165, 1.54) is 6.26 Å².